The van der Waals surface area contributed by atoms with Crippen LogP contribution in [0.15, 0.2) is 29.2 Å². The molecule has 0 spiro atoms. The van der Waals surface area contributed by atoms with Crippen molar-refractivity contribution in [1.82, 2.24) is 14.9 Å². The Hall–Kier alpha value is -1.15. The molecule has 1 amide bonds. The van der Waals surface area contributed by atoms with Crippen LogP contribution >= 0.6 is 12.4 Å². The van der Waals surface area contributed by atoms with Crippen molar-refractivity contribution in [1.29, 1.82) is 0 Å². The first kappa shape index (κ1) is 21.6. The minimum Gasteiger partial charge on any atom is -0.353 e. The molecule has 3 aliphatic rings. The van der Waals surface area contributed by atoms with E-state index in [9.17, 15) is 13.2 Å². The second-order valence-electron chi connectivity index (χ2n) is 8.16. The maximum absolute atomic E-state index is 12.7. The minimum atomic E-state index is -3.41. The van der Waals surface area contributed by atoms with Gasteiger partial charge in [0.2, 0.25) is 15.9 Å². The van der Waals surface area contributed by atoms with Crippen molar-refractivity contribution in [2.75, 3.05) is 13.1 Å². The van der Waals surface area contributed by atoms with E-state index in [1.807, 2.05) is 0 Å². The summed E-state index contributed by atoms with van der Waals surface area (Å²) in [4.78, 5) is 12.7. The second kappa shape index (κ2) is 9.11. The quantitative estimate of drug-likeness (QED) is 0.755. The van der Waals surface area contributed by atoms with Crippen LogP contribution in [0.2, 0.25) is 0 Å². The van der Waals surface area contributed by atoms with Crippen LogP contribution in [0.25, 0.3) is 0 Å². The Balaban J connectivity index is 0.00000225. The zero-order valence-corrected chi connectivity index (χ0v) is 17.7. The van der Waals surface area contributed by atoms with E-state index < -0.39 is 10.0 Å². The molecular formula is C20H30ClN3O3S. The van der Waals surface area contributed by atoms with Gasteiger partial charge in [0.05, 0.1) is 11.3 Å². The van der Waals surface area contributed by atoms with E-state index in [-0.39, 0.29) is 24.4 Å². The molecule has 4 rings (SSSR count). The zero-order valence-electron chi connectivity index (χ0n) is 16.1. The van der Waals surface area contributed by atoms with E-state index in [1.54, 1.807) is 28.6 Å². The van der Waals surface area contributed by atoms with Crippen LogP contribution in [-0.4, -0.2) is 49.8 Å². The third-order valence-corrected chi connectivity index (χ3v) is 7.99. The van der Waals surface area contributed by atoms with Crippen molar-refractivity contribution in [3.8, 4) is 0 Å². The van der Waals surface area contributed by atoms with Crippen molar-refractivity contribution < 1.29 is 13.2 Å². The number of rotatable bonds is 5. The Morgan fingerprint density at radius 1 is 1.04 bits per heavy atom. The summed E-state index contributed by atoms with van der Waals surface area (Å²) in [5.74, 6) is 0.0212. The molecule has 3 saturated heterocycles. The summed E-state index contributed by atoms with van der Waals surface area (Å²) in [6.45, 7) is 1.20. The van der Waals surface area contributed by atoms with Crippen molar-refractivity contribution >= 4 is 28.3 Å². The highest BCUT2D eigenvalue weighted by Crippen LogP contribution is 2.27. The van der Waals surface area contributed by atoms with Crippen LogP contribution in [0, 0.1) is 0 Å². The molecule has 28 heavy (non-hydrogen) atoms. The molecule has 1 aromatic rings. The number of hydrogen-bond acceptors (Lipinski definition) is 4. The Morgan fingerprint density at radius 2 is 1.64 bits per heavy atom. The topological polar surface area (TPSA) is 78.5 Å². The molecule has 2 unspecified atom stereocenters. The van der Waals surface area contributed by atoms with E-state index >= 15 is 0 Å². The van der Waals surface area contributed by atoms with Gasteiger partial charge in [0.1, 0.15) is 0 Å². The number of piperidine rings is 2. The van der Waals surface area contributed by atoms with Gasteiger partial charge in [-0.25, -0.2) is 8.42 Å². The van der Waals surface area contributed by atoms with Crippen molar-refractivity contribution in [3.05, 3.63) is 29.8 Å². The maximum Gasteiger partial charge on any atom is 0.243 e. The van der Waals surface area contributed by atoms with E-state index in [2.05, 4.69) is 10.6 Å². The molecule has 3 heterocycles. The summed E-state index contributed by atoms with van der Waals surface area (Å²) < 4.78 is 27.0. The van der Waals surface area contributed by atoms with E-state index in [4.69, 9.17) is 0 Å². The fraction of sp³-hybridized carbons (Fsp3) is 0.650. The third-order valence-electron chi connectivity index (χ3n) is 6.08. The van der Waals surface area contributed by atoms with Crippen LogP contribution in [0.1, 0.15) is 50.5 Å². The summed E-state index contributed by atoms with van der Waals surface area (Å²) in [6, 6.07) is 8.16. The number of nitrogens with zero attached hydrogens (tertiary/aromatic N) is 1. The van der Waals surface area contributed by atoms with Gasteiger partial charge in [0.25, 0.3) is 0 Å². The predicted molar refractivity (Wildman–Crippen MR) is 111 cm³/mol. The van der Waals surface area contributed by atoms with Gasteiger partial charge in [-0.15, -0.1) is 12.4 Å². The SMILES string of the molecule is Cl.O=C(Cc1ccc(S(=O)(=O)N2CCCCC2)cc1)NC1CC2CCC(C1)N2. The molecule has 156 valence electrons. The van der Waals surface area contributed by atoms with Crippen LogP contribution in [0.5, 0.6) is 0 Å². The van der Waals surface area contributed by atoms with Gasteiger partial charge < -0.3 is 10.6 Å². The molecular weight excluding hydrogens is 398 g/mol. The number of amides is 1. The molecule has 1 aromatic carbocycles. The summed E-state index contributed by atoms with van der Waals surface area (Å²) in [6.07, 6.45) is 7.69. The van der Waals surface area contributed by atoms with Gasteiger partial charge in [-0.3, -0.25) is 4.79 Å². The van der Waals surface area contributed by atoms with Crippen LogP contribution in [0.4, 0.5) is 0 Å². The number of benzene rings is 1. The highest BCUT2D eigenvalue weighted by atomic mass is 35.5. The number of hydrogen-bond donors (Lipinski definition) is 2. The van der Waals surface area contributed by atoms with Crippen molar-refractivity contribution in [2.24, 2.45) is 0 Å². The van der Waals surface area contributed by atoms with E-state index in [0.717, 1.165) is 37.7 Å². The van der Waals surface area contributed by atoms with Gasteiger partial charge in [0.15, 0.2) is 0 Å². The third kappa shape index (κ3) is 4.87. The average Bonchev–Trinajstić information content (AvgIpc) is 3.01. The van der Waals surface area contributed by atoms with E-state index in [0.29, 0.717) is 36.5 Å². The molecule has 2 N–H and O–H groups in total. The molecule has 8 heteroatoms. The first-order chi connectivity index (χ1) is 13.0. The van der Waals surface area contributed by atoms with Gasteiger partial charge in [0, 0.05) is 31.2 Å². The minimum absolute atomic E-state index is 0. The molecule has 0 aliphatic carbocycles. The molecule has 6 nitrogen and oxygen atoms in total. The summed E-state index contributed by atoms with van der Waals surface area (Å²) >= 11 is 0. The number of carbonyl (C=O) groups excluding carboxylic acids is 1. The number of carbonyl (C=O) groups is 1. The summed E-state index contributed by atoms with van der Waals surface area (Å²) in [7, 11) is -3.41. The van der Waals surface area contributed by atoms with Crippen LogP contribution < -0.4 is 10.6 Å². The lowest BCUT2D eigenvalue weighted by Crippen LogP contribution is -2.48. The number of sulfonamides is 1. The van der Waals surface area contributed by atoms with Gasteiger partial charge in [-0.2, -0.15) is 4.31 Å². The lowest BCUT2D eigenvalue weighted by Gasteiger charge is -2.29. The lowest BCUT2D eigenvalue weighted by atomic mass is 9.99. The summed E-state index contributed by atoms with van der Waals surface area (Å²) in [5, 5.41) is 6.74. The fourth-order valence-corrected chi connectivity index (χ4v) is 6.19. The zero-order chi connectivity index (χ0) is 18.9. The average molecular weight is 428 g/mol. The number of halogens is 1. The van der Waals surface area contributed by atoms with Gasteiger partial charge >= 0.3 is 0 Å². The molecule has 0 radical (unpaired) electrons. The Bertz CT molecular complexity index is 766. The molecule has 0 aromatic heterocycles. The highest BCUT2D eigenvalue weighted by Gasteiger charge is 2.34. The highest BCUT2D eigenvalue weighted by molar-refractivity contribution is 7.89. The van der Waals surface area contributed by atoms with Crippen LogP contribution in [-0.2, 0) is 21.2 Å². The largest absolute Gasteiger partial charge is 0.353 e. The van der Waals surface area contributed by atoms with E-state index in [1.165, 1.54) is 12.8 Å². The first-order valence-corrected chi connectivity index (χ1v) is 11.6. The standard InChI is InChI=1S/C20H29N3O3S.ClH/c24-20(22-18-13-16-6-7-17(14-18)21-16)12-15-4-8-19(9-5-15)27(25,26)23-10-2-1-3-11-23;/h4-5,8-9,16-18,21H,1-3,6-7,10-14H2,(H,22,24);1H. The first-order valence-electron chi connectivity index (χ1n) is 10.2. The van der Waals surface area contributed by atoms with Crippen LogP contribution in [0.3, 0.4) is 0 Å². The van der Waals surface area contributed by atoms with Gasteiger partial charge in [-0.05, 0) is 56.2 Å². The van der Waals surface area contributed by atoms with Crippen molar-refractivity contribution in [2.45, 2.75) is 74.4 Å². The molecule has 3 aliphatic heterocycles. The molecule has 2 bridgehead atoms. The number of nitrogens with one attached hydrogen (secondary N) is 2. The molecule has 2 atom stereocenters. The normalized spacial score (nSPS) is 27.8. The second-order valence-corrected chi connectivity index (χ2v) is 10.1. The van der Waals surface area contributed by atoms with Crippen molar-refractivity contribution in [3.63, 3.8) is 0 Å². The molecule has 3 fully saturated rings. The smallest absolute Gasteiger partial charge is 0.243 e. The lowest BCUT2D eigenvalue weighted by molar-refractivity contribution is -0.121. The fourth-order valence-electron chi connectivity index (χ4n) is 4.67. The Kier molecular flexibility index (Phi) is 7.02. The monoisotopic (exact) mass is 427 g/mol. The number of fused-ring (bicyclic) bond motifs is 2. The maximum atomic E-state index is 12.7. The summed E-state index contributed by atoms with van der Waals surface area (Å²) in [5.41, 5.74) is 0.849. The predicted octanol–water partition coefficient (Wildman–Crippen LogP) is 2.22. The Morgan fingerprint density at radius 3 is 2.25 bits per heavy atom. The molecule has 0 saturated carbocycles. The Labute approximate surface area is 173 Å². The van der Waals surface area contributed by atoms with Gasteiger partial charge in [-0.1, -0.05) is 18.6 Å².